The third kappa shape index (κ3) is 3.51. The van der Waals surface area contributed by atoms with Crippen LogP contribution in [0.4, 0.5) is 0 Å². The molecule has 0 spiro atoms. The Morgan fingerprint density at radius 3 is 2.27 bits per heavy atom. The van der Waals surface area contributed by atoms with Crippen molar-refractivity contribution in [1.82, 2.24) is 10.3 Å². The van der Waals surface area contributed by atoms with Crippen molar-refractivity contribution in [3.63, 3.8) is 0 Å². The van der Waals surface area contributed by atoms with E-state index < -0.39 is 5.97 Å². The van der Waals surface area contributed by atoms with Crippen molar-refractivity contribution in [2.75, 3.05) is 0 Å². The first-order valence-electron chi connectivity index (χ1n) is 6.87. The second-order valence-electron chi connectivity index (χ2n) is 5.34. The van der Waals surface area contributed by atoms with Gasteiger partial charge < -0.3 is 10.4 Å². The fourth-order valence-electron chi connectivity index (χ4n) is 2.25. The summed E-state index contributed by atoms with van der Waals surface area (Å²) < 4.78 is 0. The molecule has 2 N–H and O–H groups in total. The lowest BCUT2D eigenvalue weighted by molar-refractivity contribution is 0.0701. The molecule has 0 saturated carbocycles. The Morgan fingerprint density at radius 2 is 1.77 bits per heavy atom. The molecule has 1 atom stereocenters. The summed E-state index contributed by atoms with van der Waals surface area (Å²) in [6.45, 7) is 7.33. The van der Waals surface area contributed by atoms with Crippen molar-refractivity contribution < 1.29 is 14.7 Å². The van der Waals surface area contributed by atoms with Gasteiger partial charge in [-0.25, -0.2) is 9.78 Å². The van der Waals surface area contributed by atoms with Crippen LogP contribution in [0.1, 0.15) is 54.8 Å². The lowest BCUT2D eigenvalue weighted by Crippen LogP contribution is -2.26. The molecule has 116 valence electrons. The first-order valence-corrected chi connectivity index (χ1v) is 7.69. The highest BCUT2D eigenvalue weighted by Gasteiger charge is 2.19. The Balaban J connectivity index is 2.17. The topological polar surface area (TPSA) is 79.3 Å². The number of nitrogens with zero attached hydrogens (tertiary/aromatic N) is 1. The number of carbonyl (C=O) groups excluding carboxylic acids is 1. The van der Waals surface area contributed by atoms with Crippen LogP contribution < -0.4 is 5.32 Å². The molecule has 0 saturated heterocycles. The molecule has 5 nitrogen and oxygen atoms in total. The lowest BCUT2D eigenvalue weighted by atomic mass is 10.1. The monoisotopic (exact) mass is 318 g/mol. The maximum Gasteiger partial charge on any atom is 0.347 e. The summed E-state index contributed by atoms with van der Waals surface area (Å²) in [7, 11) is 0. The van der Waals surface area contributed by atoms with E-state index in [4.69, 9.17) is 5.11 Å². The molecule has 1 unspecified atom stereocenters. The Labute approximate surface area is 133 Å². The van der Waals surface area contributed by atoms with E-state index in [0.717, 1.165) is 22.5 Å². The molecule has 2 aromatic rings. The van der Waals surface area contributed by atoms with Gasteiger partial charge in [0.25, 0.3) is 5.91 Å². The molecule has 0 radical (unpaired) electrons. The molecule has 0 aliphatic rings. The number of hydrogen-bond donors (Lipinski definition) is 2. The zero-order valence-electron chi connectivity index (χ0n) is 12.9. The van der Waals surface area contributed by atoms with E-state index in [1.807, 2.05) is 32.0 Å². The molecular formula is C16H18N2O3S. The Bertz CT molecular complexity index is 717. The second-order valence-corrected chi connectivity index (χ2v) is 6.37. The van der Waals surface area contributed by atoms with Gasteiger partial charge in [-0.2, -0.15) is 0 Å². The number of rotatable bonds is 4. The van der Waals surface area contributed by atoms with Gasteiger partial charge in [0.05, 0.1) is 11.7 Å². The van der Waals surface area contributed by atoms with Crippen LogP contribution in [-0.4, -0.2) is 22.0 Å². The summed E-state index contributed by atoms with van der Waals surface area (Å²) in [5.74, 6) is -1.18. The minimum atomic E-state index is -0.992. The normalized spacial score (nSPS) is 12.0. The van der Waals surface area contributed by atoms with Crippen molar-refractivity contribution in [2.45, 2.75) is 33.7 Å². The molecule has 1 aromatic carbocycles. The number of nitrogens with one attached hydrogen (secondary N) is 1. The molecule has 1 amide bonds. The van der Waals surface area contributed by atoms with Crippen molar-refractivity contribution in [3.05, 3.63) is 50.5 Å². The summed E-state index contributed by atoms with van der Waals surface area (Å²) in [4.78, 5) is 27.8. The smallest absolute Gasteiger partial charge is 0.347 e. The molecular weight excluding hydrogens is 300 g/mol. The van der Waals surface area contributed by atoms with Crippen molar-refractivity contribution in [3.8, 4) is 0 Å². The molecule has 1 heterocycles. The Kier molecular flexibility index (Phi) is 4.61. The van der Waals surface area contributed by atoms with Crippen LogP contribution in [0.5, 0.6) is 0 Å². The largest absolute Gasteiger partial charge is 0.477 e. The molecule has 0 aliphatic heterocycles. The highest BCUT2D eigenvalue weighted by atomic mass is 32.1. The van der Waals surface area contributed by atoms with Gasteiger partial charge in [-0.1, -0.05) is 17.2 Å². The van der Waals surface area contributed by atoms with Crippen molar-refractivity contribution in [2.24, 2.45) is 0 Å². The number of hydrogen-bond acceptors (Lipinski definition) is 4. The van der Waals surface area contributed by atoms with Crippen LogP contribution >= 0.6 is 11.3 Å². The molecule has 0 bridgehead atoms. The number of carboxylic acid groups (broad SMARTS) is 1. The van der Waals surface area contributed by atoms with Crippen LogP contribution in [0.2, 0.25) is 0 Å². The SMILES string of the molecule is Cc1cc(C)cc(C(=O)NC(C)c2nc(C)c(C(=O)O)s2)c1. The summed E-state index contributed by atoms with van der Waals surface area (Å²) >= 11 is 1.09. The number of amides is 1. The zero-order chi connectivity index (χ0) is 16.4. The summed E-state index contributed by atoms with van der Waals surface area (Å²) in [5, 5.41) is 12.5. The van der Waals surface area contributed by atoms with Crippen LogP contribution in [0, 0.1) is 20.8 Å². The van der Waals surface area contributed by atoms with Crippen molar-refractivity contribution >= 4 is 23.2 Å². The number of aryl methyl sites for hydroxylation is 3. The molecule has 0 fully saturated rings. The Hall–Kier alpha value is -2.21. The Morgan fingerprint density at radius 1 is 1.18 bits per heavy atom. The number of aromatic nitrogens is 1. The van der Waals surface area contributed by atoms with E-state index in [0.29, 0.717) is 16.3 Å². The maximum absolute atomic E-state index is 12.3. The van der Waals surface area contributed by atoms with E-state index in [9.17, 15) is 9.59 Å². The molecule has 1 aromatic heterocycles. The van der Waals surface area contributed by atoms with E-state index in [-0.39, 0.29) is 16.8 Å². The van der Waals surface area contributed by atoms with Gasteiger partial charge in [0.15, 0.2) is 0 Å². The van der Waals surface area contributed by atoms with Gasteiger partial charge >= 0.3 is 5.97 Å². The van der Waals surface area contributed by atoms with E-state index in [2.05, 4.69) is 10.3 Å². The predicted molar refractivity (Wildman–Crippen MR) is 85.6 cm³/mol. The highest BCUT2D eigenvalue weighted by molar-refractivity contribution is 7.13. The van der Waals surface area contributed by atoms with Gasteiger partial charge in [0, 0.05) is 5.56 Å². The predicted octanol–water partition coefficient (Wildman–Crippen LogP) is 3.26. The standard InChI is InChI=1S/C16H18N2O3S/c1-8-5-9(2)7-12(6-8)14(19)17-11(4)15-18-10(3)13(22-15)16(20)21/h5-7,11H,1-4H3,(H,17,19)(H,20,21). The zero-order valence-corrected chi connectivity index (χ0v) is 13.7. The molecule has 2 rings (SSSR count). The first kappa shape index (κ1) is 16.2. The average Bonchev–Trinajstić information content (AvgIpc) is 2.80. The molecule has 6 heteroatoms. The van der Waals surface area contributed by atoms with Crippen LogP contribution in [-0.2, 0) is 0 Å². The van der Waals surface area contributed by atoms with Crippen LogP contribution in [0.25, 0.3) is 0 Å². The van der Waals surface area contributed by atoms with E-state index in [1.165, 1.54) is 0 Å². The summed E-state index contributed by atoms with van der Waals surface area (Å²) in [6, 6.07) is 5.31. The van der Waals surface area contributed by atoms with Gasteiger partial charge in [-0.05, 0) is 39.8 Å². The third-order valence-corrected chi connectivity index (χ3v) is 4.54. The van der Waals surface area contributed by atoms with Crippen LogP contribution in [0.15, 0.2) is 18.2 Å². The van der Waals surface area contributed by atoms with Gasteiger partial charge in [0.2, 0.25) is 0 Å². The summed E-state index contributed by atoms with van der Waals surface area (Å²) in [5.41, 5.74) is 3.11. The number of carbonyl (C=O) groups is 2. The number of benzene rings is 1. The number of thiazole rings is 1. The van der Waals surface area contributed by atoms with Gasteiger partial charge in [-0.15, -0.1) is 11.3 Å². The average molecular weight is 318 g/mol. The number of aromatic carboxylic acids is 1. The minimum absolute atomic E-state index is 0.191. The van der Waals surface area contributed by atoms with E-state index >= 15 is 0 Å². The fraction of sp³-hybridized carbons (Fsp3) is 0.312. The fourth-order valence-corrected chi connectivity index (χ4v) is 3.16. The van der Waals surface area contributed by atoms with Crippen molar-refractivity contribution in [1.29, 1.82) is 0 Å². The highest BCUT2D eigenvalue weighted by Crippen LogP contribution is 2.24. The first-order chi connectivity index (χ1) is 10.3. The number of carboxylic acids is 1. The molecule has 0 aliphatic carbocycles. The summed E-state index contributed by atoms with van der Waals surface area (Å²) in [6.07, 6.45) is 0. The third-order valence-electron chi connectivity index (χ3n) is 3.21. The second kappa shape index (κ2) is 6.27. The molecule has 22 heavy (non-hydrogen) atoms. The quantitative estimate of drug-likeness (QED) is 0.907. The van der Waals surface area contributed by atoms with Gasteiger partial charge in [0.1, 0.15) is 9.88 Å². The van der Waals surface area contributed by atoms with Gasteiger partial charge in [-0.3, -0.25) is 4.79 Å². The maximum atomic E-state index is 12.3. The van der Waals surface area contributed by atoms with E-state index in [1.54, 1.807) is 13.8 Å². The van der Waals surface area contributed by atoms with Crippen LogP contribution in [0.3, 0.4) is 0 Å². The minimum Gasteiger partial charge on any atom is -0.477 e. The lowest BCUT2D eigenvalue weighted by Gasteiger charge is -2.12.